The number of nitrogens with zero attached hydrogens (tertiary/aromatic N) is 3. The van der Waals surface area contributed by atoms with Crippen molar-refractivity contribution in [2.75, 3.05) is 0 Å². The van der Waals surface area contributed by atoms with Gasteiger partial charge in [-0.05, 0) is 52.9 Å². The molecule has 1 N–H and O–H groups in total. The fourth-order valence-electron chi connectivity index (χ4n) is 5.31. The Balaban J connectivity index is 1.58. The highest BCUT2D eigenvalue weighted by Gasteiger charge is 2.38. The van der Waals surface area contributed by atoms with Crippen LogP contribution in [0, 0.1) is 0 Å². The number of pyridine rings is 3. The molecule has 2 unspecified atom stereocenters. The Kier molecular flexibility index (Phi) is 3.83. The van der Waals surface area contributed by atoms with Crippen LogP contribution < -0.4 is 5.32 Å². The highest BCUT2D eigenvalue weighted by Crippen LogP contribution is 2.47. The van der Waals surface area contributed by atoms with Gasteiger partial charge in [0.15, 0.2) is 5.78 Å². The molecule has 2 aromatic carbocycles. The molecule has 0 saturated heterocycles. The predicted octanol–water partition coefficient (Wildman–Crippen LogP) is 5.02. The van der Waals surface area contributed by atoms with E-state index in [9.17, 15) is 4.79 Å². The number of nitrogens with one attached hydrogen (secondary N) is 1. The van der Waals surface area contributed by atoms with Gasteiger partial charge in [0.05, 0.1) is 29.2 Å². The van der Waals surface area contributed by atoms with Crippen LogP contribution in [0.1, 0.15) is 50.5 Å². The molecule has 7 rings (SSSR count). The van der Waals surface area contributed by atoms with E-state index in [1.54, 1.807) is 6.20 Å². The molecule has 0 spiro atoms. The lowest BCUT2D eigenvalue weighted by Crippen LogP contribution is -2.21. The fraction of sp³-hybridized carbons (Fsp3) is 0.0714. The lowest BCUT2D eigenvalue weighted by molar-refractivity contribution is 0.104. The van der Waals surface area contributed by atoms with Crippen LogP contribution in [-0.4, -0.2) is 20.7 Å². The van der Waals surface area contributed by atoms with Crippen LogP contribution in [0.4, 0.5) is 0 Å². The predicted molar refractivity (Wildman–Crippen MR) is 126 cm³/mol. The van der Waals surface area contributed by atoms with E-state index in [0.717, 1.165) is 44.5 Å². The smallest absolute Gasteiger partial charge is 0.194 e. The summed E-state index contributed by atoms with van der Waals surface area (Å²) in [5, 5.41) is 5.71. The van der Waals surface area contributed by atoms with Crippen molar-refractivity contribution >= 4 is 16.6 Å². The first-order valence-electron chi connectivity index (χ1n) is 11.0. The molecule has 5 heteroatoms. The fourth-order valence-corrected chi connectivity index (χ4v) is 5.31. The van der Waals surface area contributed by atoms with Crippen LogP contribution in [0.3, 0.4) is 0 Å². The Hall–Kier alpha value is -4.22. The molecule has 1 aliphatic carbocycles. The summed E-state index contributed by atoms with van der Waals surface area (Å²) in [5.74, 6) is 0.0416. The van der Waals surface area contributed by atoms with Gasteiger partial charge in [-0.25, -0.2) is 0 Å². The highest BCUT2D eigenvalue weighted by molar-refractivity contribution is 6.25. The standard InChI is InChI=1S/C28H18N4O/c33-28-17-8-2-1-7-16(17)26-24-18(11-14-31-26)23-19(15-20(24)28)25(21-9-3-5-12-29-21)32-27(23)22-10-4-6-13-30-22/h1-15,25,27,32H. The Morgan fingerprint density at radius 2 is 1.36 bits per heavy atom. The summed E-state index contributed by atoms with van der Waals surface area (Å²) >= 11 is 0. The van der Waals surface area contributed by atoms with E-state index < -0.39 is 0 Å². The number of hydrogen-bond acceptors (Lipinski definition) is 5. The zero-order valence-corrected chi connectivity index (χ0v) is 17.6. The average molecular weight is 426 g/mol. The van der Waals surface area contributed by atoms with E-state index in [-0.39, 0.29) is 17.9 Å². The molecular weight excluding hydrogens is 408 g/mol. The first-order chi connectivity index (χ1) is 16.3. The van der Waals surface area contributed by atoms with Crippen molar-refractivity contribution in [1.29, 1.82) is 0 Å². The second-order valence-corrected chi connectivity index (χ2v) is 8.43. The van der Waals surface area contributed by atoms with Gasteiger partial charge in [0.2, 0.25) is 0 Å². The molecule has 4 heterocycles. The SMILES string of the molecule is O=C1c2ccccc2-c2nccc3c4c(cc1c23)C(c1ccccn1)NC4c1ccccn1. The van der Waals surface area contributed by atoms with Crippen LogP contribution in [0.5, 0.6) is 0 Å². The van der Waals surface area contributed by atoms with Gasteiger partial charge in [-0.3, -0.25) is 25.1 Å². The van der Waals surface area contributed by atoms with Gasteiger partial charge < -0.3 is 0 Å². The second kappa shape index (κ2) is 6.89. The number of hydrogen-bond donors (Lipinski definition) is 1. The molecule has 3 aromatic heterocycles. The molecule has 5 aromatic rings. The van der Waals surface area contributed by atoms with Gasteiger partial charge in [0.25, 0.3) is 0 Å². The molecule has 0 amide bonds. The van der Waals surface area contributed by atoms with Gasteiger partial charge in [-0.15, -0.1) is 0 Å². The molecule has 5 nitrogen and oxygen atoms in total. The molecule has 1 aliphatic heterocycles. The lowest BCUT2D eigenvalue weighted by Gasteiger charge is -2.22. The minimum atomic E-state index is -0.143. The van der Waals surface area contributed by atoms with Crippen LogP contribution in [0.15, 0.2) is 91.4 Å². The molecule has 33 heavy (non-hydrogen) atoms. The lowest BCUT2D eigenvalue weighted by atomic mass is 9.81. The van der Waals surface area contributed by atoms with Crippen LogP contribution in [-0.2, 0) is 0 Å². The molecule has 2 aliphatic rings. The van der Waals surface area contributed by atoms with Crippen molar-refractivity contribution in [1.82, 2.24) is 20.3 Å². The summed E-state index contributed by atoms with van der Waals surface area (Å²) in [5.41, 5.74) is 7.22. The van der Waals surface area contributed by atoms with Gasteiger partial charge in [-0.2, -0.15) is 0 Å². The third-order valence-corrected chi connectivity index (χ3v) is 6.69. The first kappa shape index (κ1) is 18.4. The Morgan fingerprint density at radius 3 is 2.09 bits per heavy atom. The number of fused-ring (bicyclic) bond motifs is 4. The molecule has 0 fully saturated rings. The average Bonchev–Trinajstić information content (AvgIpc) is 3.28. The van der Waals surface area contributed by atoms with E-state index in [1.807, 2.05) is 79.1 Å². The van der Waals surface area contributed by atoms with E-state index >= 15 is 0 Å². The maximum absolute atomic E-state index is 13.6. The topological polar surface area (TPSA) is 67.8 Å². The Bertz CT molecular complexity index is 1560. The molecular formula is C28H18N4O. The van der Waals surface area contributed by atoms with Crippen LogP contribution >= 0.6 is 0 Å². The van der Waals surface area contributed by atoms with Crippen molar-refractivity contribution in [3.63, 3.8) is 0 Å². The third-order valence-electron chi connectivity index (χ3n) is 6.69. The van der Waals surface area contributed by atoms with Crippen molar-refractivity contribution in [2.24, 2.45) is 0 Å². The summed E-state index contributed by atoms with van der Waals surface area (Å²) in [6, 6.07) is 23.4. The third kappa shape index (κ3) is 2.57. The van der Waals surface area contributed by atoms with Gasteiger partial charge in [0.1, 0.15) is 0 Å². The number of carbonyl (C=O) groups is 1. The number of benzene rings is 2. The zero-order chi connectivity index (χ0) is 21.9. The summed E-state index contributed by atoms with van der Waals surface area (Å²) < 4.78 is 0. The second-order valence-electron chi connectivity index (χ2n) is 8.43. The quantitative estimate of drug-likeness (QED) is 0.421. The van der Waals surface area contributed by atoms with Crippen molar-refractivity contribution in [3.05, 3.63) is 125 Å². The largest absolute Gasteiger partial charge is 0.293 e. The van der Waals surface area contributed by atoms with Gasteiger partial charge >= 0.3 is 0 Å². The van der Waals surface area contributed by atoms with Gasteiger partial charge in [-0.1, -0.05) is 36.4 Å². The maximum Gasteiger partial charge on any atom is 0.194 e. The number of rotatable bonds is 2. The molecule has 0 radical (unpaired) electrons. The summed E-state index contributed by atoms with van der Waals surface area (Å²) in [6.07, 6.45) is 5.47. The van der Waals surface area contributed by atoms with Crippen molar-refractivity contribution in [2.45, 2.75) is 12.1 Å². The van der Waals surface area contributed by atoms with Crippen LogP contribution in [0.2, 0.25) is 0 Å². The Labute approximate surface area is 190 Å². The van der Waals surface area contributed by atoms with E-state index in [1.165, 1.54) is 0 Å². The van der Waals surface area contributed by atoms with Gasteiger partial charge in [0, 0.05) is 40.7 Å². The first-order valence-corrected chi connectivity index (χ1v) is 11.0. The van der Waals surface area contributed by atoms with E-state index in [2.05, 4.69) is 21.4 Å². The molecule has 0 bridgehead atoms. The minimum Gasteiger partial charge on any atom is -0.293 e. The van der Waals surface area contributed by atoms with Crippen LogP contribution in [0.25, 0.3) is 22.0 Å². The molecule has 2 atom stereocenters. The molecule has 0 saturated carbocycles. The minimum absolute atomic E-state index is 0.0416. The summed E-state index contributed by atoms with van der Waals surface area (Å²) in [7, 11) is 0. The van der Waals surface area contributed by atoms with E-state index in [4.69, 9.17) is 4.98 Å². The van der Waals surface area contributed by atoms with Crippen molar-refractivity contribution in [3.8, 4) is 11.3 Å². The number of ketones is 1. The number of aromatic nitrogens is 3. The zero-order valence-electron chi connectivity index (χ0n) is 17.6. The highest BCUT2D eigenvalue weighted by atomic mass is 16.1. The monoisotopic (exact) mass is 426 g/mol. The summed E-state index contributed by atoms with van der Waals surface area (Å²) in [6.45, 7) is 0. The maximum atomic E-state index is 13.6. The van der Waals surface area contributed by atoms with Crippen molar-refractivity contribution < 1.29 is 4.79 Å². The summed E-state index contributed by atoms with van der Waals surface area (Å²) in [4.78, 5) is 27.6. The normalized spacial score (nSPS) is 18.2. The van der Waals surface area contributed by atoms with E-state index in [0.29, 0.717) is 11.1 Å². The number of carbonyl (C=O) groups excluding carboxylic acids is 1. The Morgan fingerprint density at radius 1 is 0.667 bits per heavy atom. The molecule has 156 valence electrons.